The zero-order chi connectivity index (χ0) is 16.5. The fraction of sp³-hybridized carbons (Fsp3) is 0.211. The molecule has 0 atom stereocenters. The third kappa shape index (κ3) is 2.51. The number of nitrogens with zero attached hydrogens (tertiary/aromatic N) is 4. The van der Waals surface area contributed by atoms with Gasteiger partial charge in [0, 0.05) is 28.2 Å². The molecule has 0 aliphatic rings. The molecule has 5 heteroatoms. The Bertz CT molecular complexity index is 966. The van der Waals surface area contributed by atoms with Gasteiger partial charge >= 0.3 is 0 Å². The molecule has 0 fully saturated rings. The van der Waals surface area contributed by atoms with Crippen molar-refractivity contribution in [2.75, 3.05) is 0 Å². The molecule has 4 heterocycles. The minimum atomic E-state index is 0.875. The van der Waals surface area contributed by atoms with E-state index < -0.39 is 0 Å². The summed E-state index contributed by atoms with van der Waals surface area (Å²) in [4.78, 5) is 10.2. The zero-order valence-corrected chi connectivity index (χ0v) is 14.5. The van der Waals surface area contributed by atoms with E-state index in [1.807, 2.05) is 35.4 Å². The maximum Gasteiger partial charge on any atom is 0.154 e. The Morgan fingerprint density at radius 1 is 1.08 bits per heavy atom. The van der Waals surface area contributed by atoms with Gasteiger partial charge in [0.25, 0.3) is 0 Å². The summed E-state index contributed by atoms with van der Waals surface area (Å²) in [6.45, 7) is 4.28. The van der Waals surface area contributed by atoms with E-state index in [4.69, 9.17) is 4.98 Å². The second kappa shape index (κ2) is 6.17. The third-order valence-electron chi connectivity index (χ3n) is 4.15. The van der Waals surface area contributed by atoms with Gasteiger partial charge in [0.1, 0.15) is 0 Å². The molecule has 0 unspecified atom stereocenters. The van der Waals surface area contributed by atoms with Crippen molar-refractivity contribution in [3.05, 3.63) is 60.2 Å². The number of fused-ring (bicyclic) bond motifs is 1. The van der Waals surface area contributed by atoms with Crippen LogP contribution in [0.25, 0.3) is 26.5 Å². The van der Waals surface area contributed by atoms with Crippen LogP contribution in [0.1, 0.15) is 25.1 Å². The molecule has 0 amide bonds. The molecule has 0 spiro atoms. The summed E-state index contributed by atoms with van der Waals surface area (Å²) in [7, 11) is 0. The highest BCUT2D eigenvalue weighted by molar-refractivity contribution is 7.22. The first-order valence-electron chi connectivity index (χ1n) is 8.17. The van der Waals surface area contributed by atoms with E-state index in [1.54, 1.807) is 11.3 Å². The molecule has 0 saturated heterocycles. The predicted molar refractivity (Wildman–Crippen MR) is 98.7 cm³/mol. The van der Waals surface area contributed by atoms with Crippen molar-refractivity contribution in [3.63, 3.8) is 0 Å². The molecule has 4 nitrogen and oxygen atoms in total. The number of thiophene rings is 1. The molecule has 0 N–H and O–H groups in total. The number of rotatable bonds is 4. The van der Waals surface area contributed by atoms with E-state index in [9.17, 15) is 0 Å². The fourth-order valence-electron chi connectivity index (χ4n) is 2.86. The number of pyridine rings is 2. The normalized spacial score (nSPS) is 11.2. The SMILES string of the molecule is CCc1cccc(-n2ncc(CC)c2-c2cc3cnccc3s2)n1. The predicted octanol–water partition coefficient (Wildman–Crippen LogP) is 4.67. The number of hydrogen-bond donors (Lipinski definition) is 0. The van der Waals surface area contributed by atoms with Gasteiger partial charge in [-0.25, -0.2) is 9.67 Å². The van der Waals surface area contributed by atoms with Crippen LogP contribution in [0.5, 0.6) is 0 Å². The summed E-state index contributed by atoms with van der Waals surface area (Å²) in [5.74, 6) is 0.875. The van der Waals surface area contributed by atoms with E-state index in [0.29, 0.717) is 0 Å². The van der Waals surface area contributed by atoms with Gasteiger partial charge in [-0.3, -0.25) is 4.98 Å². The highest BCUT2D eigenvalue weighted by Crippen LogP contribution is 2.36. The molecule has 0 saturated carbocycles. The van der Waals surface area contributed by atoms with Crippen molar-refractivity contribution in [2.24, 2.45) is 0 Å². The molecule has 0 bridgehead atoms. The van der Waals surface area contributed by atoms with Crippen LogP contribution in [0.15, 0.2) is 48.9 Å². The van der Waals surface area contributed by atoms with Crippen LogP contribution in [0, 0.1) is 0 Å². The van der Waals surface area contributed by atoms with Crippen LogP contribution in [-0.2, 0) is 12.8 Å². The second-order valence-corrected chi connectivity index (χ2v) is 6.73. The standard InChI is InChI=1S/C19H18N4S/c1-3-13-12-21-23(18-7-5-6-15(4-2)22-18)19(13)17-10-14-11-20-9-8-16(14)24-17/h5-12H,3-4H2,1-2H3. The molecule has 0 aromatic carbocycles. The summed E-state index contributed by atoms with van der Waals surface area (Å²) in [5.41, 5.74) is 3.45. The van der Waals surface area contributed by atoms with Gasteiger partial charge in [-0.2, -0.15) is 5.10 Å². The smallest absolute Gasteiger partial charge is 0.154 e. The molecule has 0 radical (unpaired) electrons. The maximum absolute atomic E-state index is 4.74. The minimum Gasteiger partial charge on any atom is -0.264 e. The average molecular weight is 334 g/mol. The Morgan fingerprint density at radius 3 is 2.79 bits per heavy atom. The van der Waals surface area contributed by atoms with Crippen LogP contribution >= 0.6 is 11.3 Å². The van der Waals surface area contributed by atoms with Gasteiger partial charge in [0.15, 0.2) is 5.82 Å². The van der Waals surface area contributed by atoms with Gasteiger partial charge in [0.05, 0.1) is 16.8 Å². The lowest BCUT2D eigenvalue weighted by atomic mass is 10.1. The lowest BCUT2D eigenvalue weighted by Gasteiger charge is -2.08. The molecule has 24 heavy (non-hydrogen) atoms. The first kappa shape index (κ1) is 15.0. The van der Waals surface area contributed by atoms with Crippen LogP contribution in [0.3, 0.4) is 0 Å². The van der Waals surface area contributed by atoms with E-state index >= 15 is 0 Å². The van der Waals surface area contributed by atoms with Crippen molar-refractivity contribution in [2.45, 2.75) is 26.7 Å². The first-order valence-corrected chi connectivity index (χ1v) is 8.99. The minimum absolute atomic E-state index is 0.875. The van der Waals surface area contributed by atoms with Gasteiger partial charge in [-0.1, -0.05) is 19.9 Å². The topological polar surface area (TPSA) is 43.6 Å². The Morgan fingerprint density at radius 2 is 2.00 bits per heavy atom. The molecule has 4 aromatic heterocycles. The first-order chi connectivity index (χ1) is 11.8. The number of aromatic nitrogens is 4. The zero-order valence-electron chi connectivity index (χ0n) is 13.7. The van der Waals surface area contributed by atoms with Crippen molar-refractivity contribution in [3.8, 4) is 16.4 Å². The van der Waals surface area contributed by atoms with E-state index in [0.717, 1.165) is 30.0 Å². The van der Waals surface area contributed by atoms with Crippen LogP contribution < -0.4 is 0 Å². The fourth-order valence-corrected chi connectivity index (χ4v) is 3.96. The van der Waals surface area contributed by atoms with Crippen LogP contribution in [-0.4, -0.2) is 19.7 Å². The monoisotopic (exact) mass is 334 g/mol. The summed E-state index contributed by atoms with van der Waals surface area (Å²) in [5, 5.41) is 5.79. The van der Waals surface area contributed by atoms with Crippen LogP contribution in [0.4, 0.5) is 0 Å². The molecular formula is C19H18N4S. The maximum atomic E-state index is 4.74. The average Bonchev–Trinajstić information content (AvgIpc) is 3.24. The molecule has 4 rings (SSSR count). The highest BCUT2D eigenvalue weighted by atomic mass is 32.1. The third-order valence-corrected chi connectivity index (χ3v) is 5.27. The number of hydrogen-bond acceptors (Lipinski definition) is 4. The second-order valence-electron chi connectivity index (χ2n) is 5.65. The van der Waals surface area contributed by atoms with Gasteiger partial charge < -0.3 is 0 Å². The van der Waals surface area contributed by atoms with Crippen molar-refractivity contribution in [1.29, 1.82) is 0 Å². The molecule has 0 aliphatic carbocycles. The molecule has 120 valence electrons. The van der Waals surface area contributed by atoms with Crippen LogP contribution in [0.2, 0.25) is 0 Å². The number of aryl methyl sites for hydroxylation is 2. The van der Waals surface area contributed by atoms with Gasteiger partial charge in [0.2, 0.25) is 0 Å². The summed E-state index contributed by atoms with van der Waals surface area (Å²) in [6, 6.07) is 10.4. The quantitative estimate of drug-likeness (QED) is 0.545. The van der Waals surface area contributed by atoms with Crippen molar-refractivity contribution < 1.29 is 0 Å². The molecule has 0 aliphatic heterocycles. The Kier molecular flexibility index (Phi) is 3.86. The molecule has 4 aromatic rings. The van der Waals surface area contributed by atoms with Crippen molar-refractivity contribution in [1.82, 2.24) is 19.7 Å². The van der Waals surface area contributed by atoms with Crippen molar-refractivity contribution >= 4 is 21.4 Å². The molecular weight excluding hydrogens is 316 g/mol. The summed E-state index contributed by atoms with van der Waals surface area (Å²) in [6.07, 6.45) is 7.57. The Labute approximate surface area is 144 Å². The lowest BCUT2D eigenvalue weighted by Crippen LogP contribution is -2.03. The van der Waals surface area contributed by atoms with E-state index in [-0.39, 0.29) is 0 Å². The summed E-state index contributed by atoms with van der Waals surface area (Å²) >= 11 is 1.77. The Hall–Kier alpha value is -2.53. The van der Waals surface area contributed by atoms with E-state index in [2.05, 4.69) is 42.1 Å². The van der Waals surface area contributed by atoms with E-state index in [1.165, 1.54) is 20.5 Å². The van der Waals surface area contributed by atoms with Gasteiger partial charge in [-0.05, 0) is 42.7 Å². The summed E-state index contributed by atoms with van der Waals surface area (Å²) < 4.78 is 3.21. The largest absolute Gasteiger partial charge is 0.264 e. The Balaban J connectivity index is 1.92. The highest BCUT2D eigenvalue weighted by Gasteiger charge is 2.16. The van der Waals surface area contributed by atoms with Gasteiger partial charge in [-0.15, -0.1) is 11.3 Å². The lowest BCUT2D eigenvalue weighted by molar-refractivity contribution is 0.840.